The molecule has 9 heteroatoms. The van der Waals surface area contributed by atoms with E-state index in [1.807, 2.05) is 36.4 Å². The normalized spacial score (nSPS) is 23.1. The van der Waals surface area contributed by atoms with Crippen LogP contribution >= 0.6 is 0 Å². The standard InChI is InChI=1S/C29H30F3N5O/c1-2-5-21-15-22(20-7-3-6-19(14-20)17-33)16-26(25(21)18-34)36-23-9-12-37(13-10-23)28(38)24-8-4-11-35-27(24)29(30,31)32/h2-6,11,14-16,18,20,23-24,36H,1,7-10,12-13,34H2/b21-5-,25-18+. The summed E-state index contributed by atoms with van der Waals surface area (Å²) >= 11 is 0. The molecule has 1 aliphatic carbocycles. The van der Waals surface area contributed by atoms with Crippen LogP contribution < -0.4 is 21.5 Å². The Bertz CT molecular complexity index is 1370. The summed E-state index contributed by atoms with van der Waals surface area (Å²) in [6, 6.07) is 6.28. The van der Waals surface area contributed by atoms with Crippen molar-refractivity contribution in [3.8, 4) is 6.07 Å². The van der Waals surface area contributed by atoms with E-state index in [1.54, 1.807) is 6.08 Å². The first-order valence-electron chi connectivity index (χ1n) is 12.6. The fourth-order valence-corrected chi connectivity index (χ4v) is 5.18. The predicted molar refractivity (Wildman–Crippen MR) is 143 cm³/mol. The van der Waals surface area contributed by atoms with Crippen LogP contribution in [-0.4, -0.2) is 41.8 Å². The molecule has 3 N–H and O–H groups in total. The number of piperidine rings is 1. The van der Waals surface area contributed by atoms with Crippen molar-refractivity contribution in [3.05, 3.63) is 76.9 Å². The number of nitrogens with one attached hydrogen (secondary N) is 1. The number of carbonyl (C=O) groups is 1. The smallest absolute Gasteiger partial charge is 0.404 e. The number of amides is 1. The average Bonchev–Trinajstić information content (AvgIpc) is 2.92. The molecule has 3 aliphatic rings. The maximum Gasteiger partial charge on any atom is 0.430 e. The number of rotatable bonds is 5. The number of carbonyl (C=O) groups excluding carboxylic acids is 1. The third-order valence-corrected chi connectivity index (χ3v) is 7.10. The molecule has 198 valence electrons. The van der Waals surface area contributed by atoms with Crippen molar-refractivity contribution in [1.29, 1.82) is 5.26 Å². The van der Waals surface area contributed by atoms with E-state index in [2.05, 4.69) is 23.0 Å². The minimum Gasteiger partial charge on any atom is -0.404 e. The fraction of sp³-hybridized carbons (Fsp3) is 0.345. The molecule has 0 spiro atoms. The Morgan fingerprint density at radius 1 is 1.24 bits per heavy atom. The van der Waals surface area contributed by atoms with Crippen LogP contribution in [0, 0.1) is 17.2 Å². The van der Waals surface area contributed by atoms with E-state index in [0.29, 0.717) is 31.5 Å². The second kappa shape index (κ2) is 11.5. The van der Waals surface area contributed by atoms with E-state index >= 15 is 0 Å². The maximum atomic E-state index is 13.4. The zero-order valence-electron chi connectivity index (χ0n) is 20.9. The molecule has 0 radical (unpaired) electrons. The molecule has 2 atom stereocenters. The lowest BCUT2D eigenvalue weighted by molar-refractivity contribution is -0.135. The maximum absolute atomic E-state index is 13.4. The van der Waals surface area contributed by atoms with Gasteiger partial charge in [-0.3, -0.25) is 9.79 Å². The number of hydrogen-bond acceptors (Lipinski definition) is 5. The number of hydrogen-bond donors (Lipinski definition) is 2. The van der Waals surface area contributed by atoms with Crippen molar-refractivity contribution >= 4 is 29.6 Å². The molecule has 0 aromatic heterocycles. The number of allylic oxidation sites excluding steroid dienone is 6. The van der Waals surface area contributed by atoms with Crippen molar-refractivity contribution in [2.75, 3.05) is 18.4 Å². The molecule has 2 unspecified atom stereocenters. The summed E-state index contributed by atoms with van der Waals surface area (Å²) in [5.41, 5.74) is 7.45. The van der Waals surface area contributed by atoms with Gasteiger partial charge in [-0.25, -0.2) is 0 Å². The van der Waals surface area contributed by atoms with Crippen LogP contribution in [0.2, 0.25) is 0 Å². The second-order valence-corrected chi connectivity index (χ2v) is 9.55. The molecule has 1 aromatic rings. The summed E-state index contributed by atoms with van der Waals surface area (Å²) in [6.45, 7) is 4.50. The fourth-order valence-electron chi connectivity index (χ4n) is 5.18. The highest BCUT2D eigenvalue weighted by Crippen LogP contribution is 2.30. The van der Waals surface area contributed by atoms with Crippen molar-refractivity contribution in [3.63, 3.8) is 0 Å². The molecule has 1 saturated heterocycles. The van der Waals surface area contributed by atoms with Gasteiger partial charge < -0.3 is 16.0 Å². The monoisotopic (exact) mass is 521 g/mol. The van der Waals surface area contributed by atoms with Gasteiger partial charge in [0.25, 0.3) is 0 Å². The van der Waals surface area contributed by atoms with Crippen LogP contribution in [0.3, 0.4) is 0 Å². The Morgan fingerprint density at radius 2 is 2.00 bits per heavy atom. The van der Waals surface area contributed by atoms with E-state index < -0.39 is 23.7 Å². The molecule has 1 amide bonds. The first kappa shape index (κ1) is 27.0. The van der Waals surface area contributed by atoms with Gasteiger partial charge in [-0.05, 0) is 48.6 Å². The summed E-state index contributed by atoms with van der Waals surface area (Å²) < 4.78 is 40.2. The number of alkyl halides is 3. The Balaban J connectivity index is 1.52. The Kier molecular flexibility index (Phi) is 8.20. The zero-order valence-corrected chi connectivity index (χ0v) is 20.9. The number of benzene rings is 1. The summed E-state index contributed by atoms with van der Waals surface area (Å²) in [5, 5.41) is 14.6. The van der Waals surface area contributed by atoms with Crippen molar-refractivity contribution in [2.24, 2.45) is 16.6 Å². The molecule has 2 heterocycles. The molecule has 38 heavy (non-hydrogen) atoms. The molecular weight excluding hydrogens is 491 g/mol. The Hall–Kier alpha value is -4.06. The SMILES string of the molecule is C=C/C=c1/cc(C2C=C(C#N)C=CC2)cc(NC2CCN(C(=O)C3CC=CN=C3C(F)(F)F)CC2)/c1=C/N. The lowest BCUT2D eigenvalue weighted by Crippen LogP contribution is -2.49. The molecule has 1 fully saturated rings. The van der Waals surface area contributed by atoms with E-state index in [1.165, 1.54) is 17.2 Å². The van der Waals surface area contributed by atoms with Crippen LogP contribution in [0.1, 0.15) is 37.2 Å². The van der Waals surface area contributed by atoms with Crippen LogP contribution in [0.15, 0.2) is 65.9 Å². The Labute approximate surface area is 219 Å². The molecule has 2 aliphatic heterocycles. The summed E-state index contributed by atoms with van der Waals surface area (Å²) in [4.78, 5) is 18.0. The molecular formula is C29H30F3N5O. The third kappa shape index (κ3) is 5.91. The van der Waals surface area contributed by atoms with Gasteiger partial charge in [0.1, 0.15) is 5.71 Å². The number of nitrogens with zero attached hydrogens (tertiary/aromatic N) is 3. The van der Waals surface area contributed by atoms with Crippen molar-refractivity contribution in [1.82, 2.24) is 4.90 Å². The molecule has 1 aromatic carbocycles. The molecule has 4 rings (SSSR count). The van der Waals surface area contributed by atoms with Gasteiger partial charge in [0.15, 0.2) is 0 Å². The van der Waals surface area contributed by atoms with Crippen molar-refractivity contribution in [2.45, 2.75) is 43.8 Å². The number of halogens is 3. The Morgan fingerprint density at radius 3 is 2.66 bits per heavy atom. The van der Waals surface area contributed by atoms with E-state index in [4.69, 9.17) is 5.73 Å². The van der Waals surface area contributed by atoms with Gasteiger partial charge >= 0.3 is 6.18 Å². The topological polar surface area (TPSA) is 94.5 Å². The highest BCUT2D eigenvalue weighted by Gasteiger charge is 2.45. The average molecular weight is 522 g/mol. The van der Waals surface area contributed by atoms with E-state index in [0.717, 1.165) is 34.3 Å². The van der Waals surface area contributed by atoms with Crippen molar-refractivity contribution < 1.29 is 18.0 Å². The highest BCUT2D eigenvalue weighted by molar-refractivity contribution is 6.07. The van der Waals surface area contributed by atoms with Gasteiger partial charge in [-0.1, -0.05) is 43.0 Å². The number of likely N-dealkylation sites (tertiary alicyclic amines) is 1. The largest absolute Gasteiger partial charge is 0.430 e. The van der Waals surface area contributed by atoms with E-state index in [9.17, 15) is 23.2 Å². The van der Waals surface area contributed by atoms with Gasteiger partial charge in [0.05, 0.1) is 12.0 Å². The summed E-state index contributed by atoms with van der Waals surface area (Å²) in [5.74, 6) is -1.80. The predicted octanol–water partition coefficient (Wildman–Crippen LogP) is 3.78. The lowest BCUT2D eigenvalue weighted by atomic mass is 9.88. The third-order valence-electron chi connectivity index (χ3n) is 7.10. The first-order chi connectivity index (χ1) is 18.2. The summed E-state index contributed by atoms with van der Waals surface area (Å²) in [6.07, 6.45) is 10.7. The first-order valence-corrected chi connectivity index (χ1v) is 12.6. The van der Waals surface area contributed by atoms with Gasteiger partial charge in [0.2, 0.25) is 5.91 Å². The lowest BCUT2D eigenvalue weighted by Gasteiger charge is -2.35. The van der Waals surface area contributed by atoms with Crippen LogP contribution in [0.25, 0.3) is 12.3 Å². The second-order valence-electron chi connectivity index (χ2n) is 9.55. The zero-order chi connectivity index (χ0) is 27.3. The molecule has 6 nitrogen and oxygen atoms in total. The van der Waals surface area contributed by atoms with Crippen LogP contribution in [0.5, 0.6) is 0 Å². The minimum absolute atomic E-state index is 0.00125. The van der Waals surface area contributed by atoms with Gasteiger partial charge in [0, 0.05) is 53.9 Å². The van der Waals surface area contributed by atoms with Gasteiger partial charge in [-0.15, -0.1) is 0 Å². The number of anilines is 1. The summed E-state index contributed by atoms with van der Waals surface area (Å²) in [7, 11) is 0. The quantitative estimate of drug-likeness (QED) is 0.617. The number of nitrogens with two attached hydrogens (primary N) is 1. The number of aliphatic imine (C=N–C) groups is 1. The van der Waals surface area contributed by atoms with Crippen LogP contribution in [0.4, 0.5) is 18.9 Å². The minimum atomic E-state index is -4.64. The molecule has 0 saturated carbocycles. The highest BCUT2D eigenvalue weighted by atomic mass is 19.4. The van der Waals surface area contributed by atoms with Crippen LogP contribution in [-0.2, 0) is 4.79 Å². The van der Waals surface area contributed by atoms with Gasteiger partial charge in [-0.2, -0.15) is 18.4 Å². The molecule has 0 bridgehead atoms. The van der Waals surface area contributed by atoms with E-state index in [-0.39, 0.29) is 18.4 Å². The number of nitriles is 1.